The van der Waals surface area contributed by atoms with E-state index in [1.54, 1.807) is 42.0 Å². The first kappa shape index (κ1) is 22.7. The summed E-state index contributed by atoms with van der Waals surface area (Å²) in [6.07, 6.45) is 5.94. The van der Waals surface area contributed by atoms with Crippen molar-refractivity contribution in [1.29, 1.82) is 0 Å². The lowest BCUT2D eigenvalue weighted by atomic mass is 9.92. The van der Waals surface area contributed by atoms with E-state index in [0.717, 1.165) is 11.4 Å². The number of pyridine rings is 1. The highest BCUT2D eigenvalue weighted by atomic mass is 32.2. The van der Waals surface area contributed by atoms with Crippen molar-refractivity contribution in [2.24, 2.45) is 7.05 Å². The summed E-state index contributed by atoms with van der Waals surface area (Å²) in [4.78, 5) is 36.9. The molecule has 164 valence electrons. The Kier molecular flexibility index (Phi) is 6.94. The van der Waals surface area contributed by atoms with Gasteiger partial charge >= 0.3 is 0 Å². The average molecular weight is 441 g/mol. The number of carbonyl (C=O) groups excluding carboxylic acids is 1. The number of nitrogens with one attached hydrogen (secondary N) is 2. The lowest BCUT2D eigenvalue weighted by Gasteiger charge is -2.18. The molecule has 9 heteroatoms. The minimum absolute atomic E-state index is 0.165. The Morgan fingerprint density at radius 2 is 2.10 bits per heavy atom. The molecular formula is C22H28N6O2S. The van der Waals surface area contributed by atoms with E-state index in [1.807, 2.05) is 18.4 Å². The van der Waals surface area contributed by atoms with Crippen molar-refractivity contribution in [1.82, 2.24) is 30.0 Å². The molecule has 2 N–H and O–H groups in total. The van der Waals surface area contributed by atoms with Crippen molar-refractivity contribution >= 4 is 17.7 Å². The molecule has 0 saturated carbocycles. The highest BCUT2D eigenvalue weighted by Gasteiger charge is 2.24. The zero-order chi connectivity index (χ0) is 22.6. The molecule has 0 aliphatic rings. The summed E-state index contributed by atoms with van der Waals surface area (Å²) in [6.45, 7) is 6.16. The predicted octanol–water partition coefficient (Wildman–Crippen LogP) is 3.09. The van der Waals surface area contributed by atoms with Gasteiger partial charge in [-0.15, -0.1) is 0 Å². The molecule has 0 unspecified atom stereocenters. The van der Waals surface area contributed by atoms with E-state index in [2.05, 4.69) is 46.1 Å². The van der Waals surface area contributed by atoms with Crippen LogP contribution in [-0.4, -0.2) is 42.6 Å². The Bertz CT molecular complexity index is 1100. The van der Waals surface area contributed by atoms with Crippen molar-refractivity contribution in [3.63, 3.8) is 0 Å². The van der Waals surface area contributed by atoms with E-state index in [0.29, 0.717) is 29.2 Å². The van der Waals surface area contributed by atoms with Gasteiger partial charge in [-0.25, -0.2) is 4.98 Å². The molecule has 3 aromatic heterocycles. The van der Waals surface area contributed by atoms with Gasteiger partial charge in [0.15, 0.2) is 0 Å². The van der Waals surface area contributed by atoms with Crippen molar-refractivity contribution in [3.8, 4) is 11.4 Å². The first-order valence-electron chi connectivity index (χ1n) is 10.0. The van der Waals surface area contributed by atoms with E-state index < -0.39 is 6.04 Å². The number of carbonyl (C=O) groups is 1. The molecular weight excluding hydrogens is 412 g/mol. The van der Waals surface area contributed by atoms with E-state index in [9.17, 15) is 9.59 Å². The Morgan fingerprint density at radius 1 is 1.32 bits per heavy atom. The number of H-pyrrole nitrogens is 1. The minimum Gasteiger partial charge on any atom is -0.342 e. The second-order valence-electron chi connectivity index (χ2n) is 8.36. The van der Waals surface area contributed by atoms with Crippen LogP contribution in [0.5, 0.6) is 0 Å². The maximum Gasteiger partial charge on any atom is 0.270 e. The molecule has 1 atom stereocenters. The highest BCUT2D eigenvalue weighted by molar-refractivity contribution is 7.98. The predicted molar refractivity (Wildman–Crippen MR) is 123 cm³/mol. The van der Waals surface area contributed by atoms with Crippen molar-refractivity contribution in [2.45, 2.75) is 38.6 Å². The standard InChI is InChI=1S/C22H28N6O2S/c1-22(2,3)18-12-17(28(4)27-18)21(30)25-15(8-10-31-5)16-11-19(29)26-20(24-16)14-7-6-9-23-13-14/h6-7,9,11-13,15H,8,10H2,1-5H3,(H,25,30)(H,24,26,29)/t15-/m1/s1. The van der Waals surface area contributed by atoms with Crippen LogP contribution in [0.3, 0.4) is 0 Å². The fraction of sp³-hybridized carbons (Fsp3) is 0.409. The molecule has 0 bridgehead atoms. The molecule has 0 saturated heterocycles. The maximum atomic E-state index is 13.1. The Morgan fingerprint density at radius 3 is 2.71 bits per heavy atom. The fourth-order valence-corrected chi connectivity index (χ4v) is 3.57. The summed E-state index contributed by atoms with van der Waals surface area (Å²) in [6, 6.07) is 6.45. The number of aromatic nitrogens is 5. The molecule has 1 amide bonds. The van der Waals surface area contributed by atoms with Gasteiger partial charge in [-0.2, -0.15) is 16.9 Å². The van der Waals surface area contributed by atoms with E-state index in [-0.39, 0.29) is 16.9 Å². The molecule has 8 nitrogen and oxygen atoms in total. The molecule has 0 fully saturated rings. The number of hydrogen-bond donors (Lipinski definition) is 2. The van der Waals surface area contributed by atoms with Crippen LogP contribution in [0.1, 0.15) is 55.1 Å². The summed E-state index contributed by atoms with van der Waals surface area (Å²) in [5.41, 5.74) is 2.09. The van der Waals surface area contributed by atoms with Crippen LogP contribution in [0.2, 0.25) is 0 Å². The van der Waals surface area contributed by atoms with Crippen LogP contribution in [0, 0.1) is 0 Å². The molecule has 31 heavy (non-hydrogen) atoms. The van der Waals surface area contributed by atoms with Crippen LogP contribution in [0.15, 0.2) is 41.5 Å². The summed E-state index contributed by atoms with van der Waals surface area (Å²) < 4.78 is 1.59. The number of thioether (sulfide) groups is 1. The third kappa shape index (κ3) is 5.61. The summed E-state index contributed by atoms with van der Waals surface area (Å²) >= 11 is 1.67. The molecule has 0 aliphatic carbocycles. The van der Waals surface area contributed by atoms with Gasteiger partial charge in [0.05, 0.1) is 17.4 Å². The number of rotatable bonds is 7. The first-order chi connectivity index (χ1) is 14.7. The normalized spacial score (nSPS) is 12.5. The second kappa shape index (κ2) is 9.47. The Hall–Kier alpha value is -2.94. The van der Waals surface area contributed by atoms with Gasteiger partial charge in [0.25, 0.3) is 11.5 Å². The van der Waals surface area contributed by atoms with Gasteiger partial charge in [0, 0.05) is 36.5 Å². The van der Waals surface area contributed by atoms with Crippen LogP contribution < -0.4 is 10.9 Å². The van der Waals surface area contributed by atoms with E-state index in [1.165, 1.54) is 6.07 Å². The summed E-state index contributed by atoms with van der Waals surface area (Å²) in [7, 11) is 1.76. The molecule has 3 heterocycles. The van der Waals surface area contributed by atoms with Crippen LogP contribution in [-0.2, 0) is 12.5 Å². The maximum absolute atomic E-state index is 13.1. The Balaban J connectivity index is 1.93. The van der Waals surface area contributed by atoms with E-state index in [4.69, 9.17) is 0 Å². The van der Waals surface area contributed by atoms with Crippen molar-refractivity contribution in [2.75, 3.05) is 12.0 Å². The molecule has 0 radical (unpaired) electrons. The SMILES string of the molecule is CSCC[C@@H](NC(=O)c1cc(C(C)(C)C)nn1C)c1cc(=O)[nH]c(-c2cccnc2)n1. The largest absolute Gasteiger partial charge is 0.342 e. The molecule has 3 rings (SSSR count). The van der Waals surface area contributed by atoms with Gasteiger partial charge in [0.1, 0.15) is 11.5 Å². The number of aryl methyl sites for hydroxylation is 1. The van der Waals surface area contributed by atoms with Crippen LogP contribution in [0.4, 0.5) is 0 Å². The average Bonchev–Trinajstić information content (AvgIpc) is 3.13. The highest BCUT2D eigenvalue weighted by Crippen LogP contribution is 2.23. The van der Waals surface area contributed by atoms with Gasteiger partial charge in [-0.3, -0.25) is 19.3 Å². The lowest BCUT2D eigenvalue weighted by Crippen LogP contribution is -2.32. The summed E-state index contributed by atoms with van der Waals surface area (Å²) in [5, 5.41) is 7.54. The van der Waals surface area contributed by atoms with Gasteiger partial charge in [-0.1, -0.05) is 20.8 Å². The minimum atomic E-state index is -0.411. The smallest absolute Gasteiger partial charge is 0.270 e. The quantitative estimate of drug-likeness (QED) is 0.585. The van der Waals surface area contributed by atoms with E-state index >= 15 is 0 Å². The zero-order valence-electron chi connectivity index (χ0n) is 18.5. The van der Waals surface area contributed by atoms with Crippen LogP contribution >= 0.6 is 11.8 Å². The fourth-order valence-electron chi connectivity index (χ4n) is 3.10. The third-order valence-corrected chi connectivity index (χ3v) is 5.49. The number of hydrogen-bond acceptors (Lipinski definition) is 6. The van der Waals surface area contributed by atoms with Crippen molar-refractivity contribution in [3.05, 3.63) is 64.1 Å². The zero-order valence-corrected chi connectivity index (χ0v) is 19.3. The molecule has 0 spiro atoms. The third-order valence-electron chi connectivity index (χ3n) is 4.85. The van der Waals surface area contributed by atoms with Crippen LogP contribution in [0.25, 0.3) is 11.4 Å². The van der Waals surface area contributed by atoms with Gasteiger partial charge < -0.3 is 10.3 Å². The van der Waals surface area contributed by atoms with Crippen molar-refractivity contribution < 1.29 is 4.79 Å². The van der Waals surface area contributed by atoms with Gasteiger partial charge in [0.2, 0.25) is 0 Å². The summed E-state index contributed by atoms with van der Waals surface area (Å²) in [5.74, 6) is 0.983. The number of aromatic amines is 1. The van der Waals surface area contributed by atoms with Gasteiger partial charge in [-0.05, 0) is 36.6 Å². The number of nitrogens with zero attached hydrogens (tertiary/aromatic N) is 4. The molecule has 3 aromatic rings. The Labute approximate surface area is 185 Å². The first-order valence-corrected chi connectivity index (χ1v) is 11.4. The molecule has 0 aliphatic heterocycles. The number of amides is 1. The topological polar surface area (TPSA) is 106 Å². The molecule has 0 aromatic carbocycles. The second-order valence-corrected chi connectivity index (χ2v) is 9.34. The lowest BCUT2D eigenvalue weighted by molar-refractivity contribution is 0.0925. The monoisotopic (exact) mass is 440 g/mol.